The number of nitrogens with zero attached hydrogens (tertiary/aromatic N) is 3. The summed E-state index contributed by atoms with van der Waals surface area (Å²) in [6, 6.07) is 0. The molecule has 1 saturated heterocycles. The number of ether oxygens (including phenoxy) is 1. The first-order valence-electron chi connectivity index (χ1n) is 7.36. The number of aliphatic hydroxyl groups is 3. The minimum atomic E-state index is -1.61. The molecule has 0 amide bonds. The van der Waals surface area contributed by atoms with E-state index in [0.717, 1.165) is 5.56 Å². The molecule has 126 valence electrons. The van der Waals surface area contributed by atoms with Crippen molar-refractivity contribution < 1.29 is 25.3 Å². The van der Waals surface area contributed by atoms with Crippen LogP contribution in [-0.4, -0.2) is 59.5 Å². The molecule has 0 aromatic carbocycles. The van der Waals surface area contributed by atoms with Gasteiger partial charge in [0, 0.05) is 6.20 Å². The predicted molar refractivity (Wildman–Crippen MR) is 79.9 cm³/mol. The van der Waals surface area contributed by atoms with E-state index in [1.165, 1.54) is 13.3 Å². The quantitative estimate of drug-likeness (QED) is 0.488. The van der Waals surface area contributed by atoms with Crippen LogP contribution in [-0.2, 0) is 11.2 Å². The molecular formula is C14H20N4O5. The lowest BCUT2D eigenvalue weighted by Gasteiger charge is -2.27. The van der Waals surface area contributed by atoms with Gasteiger partial charge in [-0.3, -0.25) is 10.7 Å². The first-order chi connectivity index (χ1) is 11.0. The van der Waals surface area contributed by atoms with Crippen LogP contribution in [0.25, 0.3) is 11.0 Å². The summed E-state index contributed by atoms with van der Waals surface area (Å²) in [7, 11) is 0. The topological polar surface area (TPSA) is 133 Å². The third-order valence-electron chi connectivity index (χ3n) is 4.36. The number of aromatic nitrogens is 3. The minimum Gasteiger partial charge on any atom is -0.394 e. The molecule has 5 N–H and O–H groups in total. The molecule has 9 nitrogen and oxygen atoms in total. The van der Waals surface area contributed by atoms with E-state index in [0.29, 0.717) is 17.5 Å². The fraction of sp³-hybridized carbons (Fsp3) is 0.571. The standard InChI is InChI=1S/C14H20N4O5/c1-3-7-4-18(12-9(7)11(17-22)15-6-16-12)13-14(2,21)10(20)8(5-19)23-13/h4,6,8,10,13,19-22H,3,5H2,1-2H3,(H,15,16,17)/t8-,10-,13?,14-/m1/s1. The van der Waals surface area contributed by atoms with Crippen molar-refractivity contribution in [1.82, 2.24) is 14.5 Å². The SMILES string of the molecule is CCc1cn(C2O[C@H](CO)[C@@H](O)[C@@]2(C)O)c2ncnc(NO)c12. The Morgan fingerprint density at radius 3 is 2.74 bits per heavy atom. The zero-order chi connectivity index (χ0) is 16.8. The molecule has 0 aliphatic carbocycles. The Labute approximate surface area is 132 Å². The van der Waals surface area contributed by atoms with Gasteiger partial charge < -0.3 is 24.6 Å². The molecule has 1 unspecified atom stereocenters. The fourth-order valence-electron chi connectivity index (χ4n) is 3.08. The van der Waals surface area contributed by atoms with Crippen molar-refractivity contribution in [1.29, 1.82) is 0 Å². The van der Waals surface area contributed by atoms with Crippen LogP contribution in [0.2, 0.25) is 0 Å². The summed E-state index contributed by atoms with van der Waals surface area (Å²) >= 11 is 0. The van der Waals surface area contributed by atoms with E-state index >= 15 is 0 Å². The van der Waals surface area contributed by atoms with Crippen LogP contribution in [0.3, 0.4) is 0 Å². The molecule has 1 fully saturated rings. The Hall–Kier alpha value is -1.78. The van der Waals surface area contributed by atoms with Crippen LogP contribution < -0.4 is 5.48 Å². The Morgan fingerprint density at radius 1 is 1.43 bits per heavy atom. The van der Waals surface area contributed by atoms with Crippen molar-refractivity contribution >= 4 is 16.9 Å². The highest BCUT2D eigenvalue weighted by Gasteiger charge is 2.53. The molecule has 3 heterocycles. The number of anilines is 1. The molecular weight excluding hydrogens is 304 g/mol. The van der Waals surface area contributed by atoms with E-state index in [9.17, 15) is 20.5 Å². The fourth-order valence-corrected chi connectivity index (χ4v) is 3.08. The van der Waals surface area contributed by atoms with Gasteiger partial charge in [-0.05, 0) is 18.9 Å². The average molecular weight is 324 g/mol. The lowest BCUT2D eigenvalue weighted by molar-refractivity contribution is -0.0948. The third-order valence-corrected chi connectivity index (χ3v) is 4.36. The van der Waals surface area contributed by atoms with Crippen molar-refractivity contribution in [3.05, 3.63) is 18.1 Å². The number of hydrogen-bond donors (Lipinski definition) is 5. The summed E-state index contributed by atoms with van der Waals surface area (Å²) in [4.78, 5) is 8.19. The van der Waals surface area contributed by atoms with Gasteiger partial charge in [-0.2, -0.15) is 0 Å². The maximum Gasteiger partial charge on any atom is 0.167 e. The van der Waals surface area contributed by atoms with Gasteiger partial charge in [-0.25, -0.2) is 9.97 Å². The highest BCUT2D eigenvalue weighted by Crippen LogP contribution is 2.41. The normalized spacial score (nSPS) is 31.0. The van der Waals surface area contributed by atoms with Crippen LogP contribution in [0.4, 0.5) is 5.82 Å². The zero-order valence-electron chi connectivity index (χ0n) is 12.8. The lowest BCUT2D eigenvalue weighted by Crippen LogP contribution is -2.44. The van der Waals surface area contributed by atoms with Crippen LogP contribution in [0, 0.1) is 0 Å². The van der Waals surface area contributed by atoms with Crippen molar-refractivity contribution in [3.8, 4) is 0 Å². The smallest absolute Gasteiger partial charge is 0.167 e. The highest BCUT2D eigenvalue weighted by molar-refractivity contribution is 5.90. The van der Waals surface area contributed by atoms with Gasteiger partial charge in [-0.15, -0.1) is 0 Å². The van der Waals surface area contributed by atoms with Crippen molar-refractivity contribution in [2.75, 3.05) is 12.1 Å². The molecule has 2 aromatic rings. The summed E-state index contributed by atoms with van der Waals surface area (Å²) in [5, 5.41) is 40.0. The molecule has 23 heavy (non-hydrogen) atoms. The van der Waals surface area contributed by atoms with Gasteiger partial charge in [0.05, 0.1) is 12.0 Å². The van der Waals surface area contributed by atoms with Crippen LogP contribution in [0.5, 0.6) is 0 Å². The second kappa shape index (κ2) is 5.69. The molecule has 0 bridgehead atoms. The largest absolute Gasteiger partial charge is 0.394 e. The zero-order valence-corrected chi connectivity index (χ0v) is 12.8. The van der Waals surface area contributed by atoms with Crippen LogP contribution >= 0.6 is 0 Å². The minimum absolute atomic E-state index is 0.252. The van der Waals surface area contributed by atoms with Gasteiger partial charge in [0.15, 0.2) is 12.0 Å². The molecule has 0 radical (unpaired) electrons. The number of aryl methyl sites for hydroxylation is 1. The van der Waals surface area contributed by atoms with Gasteiger partial charge in [-0.1, -0.05) is 6.92 Å². The van der Waals surface area contributed by atoms with Crippen molar-refractivity contribution in [2.45, 2.75) is 44.3 Å². The van der Waals surface area contributed by atoms with E-state index in [4.69, 9.17) is 4.74 Å². The second-order valence-electron chi connectivity index (χ2n) is 5.83. The van der Waals surface area contributed by atoms with Crippen molar-refractivity contribution in [2.24, 2.45) is 0 Å². The number of fused-ring (bicyclic) bond motifs is 1. The van der Waals surface area contributed by atoms with Crippen LogP contribution in [0.15, 0.2) is 12.5 Å². The highest BCUT2D eigenvalue weighted by atomic mass is 16.6. The van der Waals surface area contributed by atoms with Gasteiger partial charge in [0.25, 0.3) is 0 Å². The summed E-state index contributed by atoms with van der Waals surface area (Å²) < 4.78 is 7.23. The molecule has 3 rings (SSSR count). The average Bonchev–Trinajstić information content (AvgIpc) is 3.03. The number of nitrogens with one attached hydrogen (secondary N) is 1. The van der Waals surface area contributed by atoms with Crippen LogP contribution in [0.1, 0.15) is 25.6 Å². The maximum atomic E-state index is 10.6. The van der Waals surface area contributed by atoms with Gasteiger partial charge in [0.2, 0.25) is 0 Å². The first kappa shape index (κ1) is 16.1. The van der Waals surface area contributed by atoms with Gasteiger partial charge in [0.1, 0.15) is 29.8 Å². The molecule has 1 aliphatic heterocycles. The Morgan fingerprint density at radius 2 is 2.17 bits per heavy atom. The molecule has 9 heteroatoms. The predicted octanol–water partition coefficient (Wildman–Crippen LogP) is -0.204. The first-order valence-corrected chi connectivity index (χ1v) is 7.36. The van der Waals surface area contributed by atoms with E-state index in [2.05, 4.69) is 9.97 Å². The van der Waals surface area contributed by atoms with E-state index in [-0.39, 0.29) is 5.82 Å². The lowest BCUT2D eigenvalue weighted by atomic mass is 9.96. The number of rotatable bonds is 4. The monoisotopic (exact) mass is 324 g/mol. The number of aliphatic hydroxyl groups excluding tert-OH is 2. The summed E-state index contributed by atoms with van der Waals surface area (Å²) in [5.74, 6) is 0.252. The van der Waals surface area contributed by atoms with Crippen molar-refractivity contribution in [3.63, 3.8) is 0 Å². The van der Waals surface area contributed by atoms with Gasteiger partial charge >= 0.3 is 0 Å². The maximum absolute atomic E-state index is 10.6. The molecule has 1 aliphatic rings. The Balaban J connectivity index is 2.18. The van der Waals surface area contributed by atoms with E-state index in [1.807, 2.05) is 12.4 Å². The molecule has 2 aromatic heterocycles. The summed E-state index contributed by atoms with van der Waals surface area (Å²) in [5.41, 5.74) is 1.73. The molecule has 4 atom stereocenters. The third kappa shape index (κ3) is 2.28. The number of hydrogen-bond acceptors (Lipinski definition) is 8. The Bertz CT molecular complexity index is 717. The van der Waals surface area contributed by atoms with E-state index in [1.54, 1.807) is 10.8 Å². The summed E-state index contributed by atoms with van der Waals surface area (Å²) in [6.07, 6.45) is 0.601. The molecule has 0 saturated carbocycles. The Kier molecular flexibility index (Phi) is 3.98. The summed E-state index contributed by atoms with van der Waals surface area (Å²) in [6.45, 7) is 2.97. The van der Waals surface area contributed by atoms with E-state index < -0.39 is 30.6 Å². The second-order valence-corrected chi connectivity index (χ2v) is 5.83. The molecule has 0 spiro atoms.